The predicted octanol–water partition coefficient (Wildman–Crippen LogP) is 0.222. The predicted molar refractivity (Wildman–Crippen MR) is 70.9 cm³/mol. The van der Waals surface area contributed by atoms with Gasteiger partial charge in [0, 0.05) is 20.1 Å². The van der Waals surface area contributed by atoms with Crippen LogP contribution in [0, 0.1) is 5.92 Å². The van der Waals surface area contributed by atoms with Gasteiger partial charge in [-0.05, 0) is 20.0 Å². The van der Waals surface area contributed by atoms with Crippen molar-refractivity contribution >= 4 is 17.9 Å². The molecule has 7 nitrogen and oxygen atoms in total. The maximum atomic E-state index is 11.4. The minimum atomic E-state index is -1.31. The lowest BCUT2D eigenvalue weighted by atomic mass is 10.2. The van der Waals surface area contributed by atoms with Crippen LogP contribution < -0.4 is 0 Å². The van der Waals surface area contributed by atoms with Crippen LogP contribution in [0.1, 0.15) is 20.8 Å². The number of carbonyl (C=O) groups is 3. The number of hydrogen-bond acceptors (Lipinski definition) is 7. The summed E-state index contributed by atoms with van der Waals surface area (Å²) in [5, 5.41) is 0. The second-order valence-corrected chi connectivity index (χ2v) is 5.10. The lowest BCUT2D eigenvalue weighted by Crippen LogP contribution is -2.37. The average Bonchev–Trinajstić information content (AvgIpc) is 2.26. The van der Waals surface area contributed by atoms with E-state index < -0.39 is 24.0 Å². The fraction of sp³-hybridized carbons (Fsp3) is 0.769. The molecular formula is C13H23NO6. The molecule has 0 radical (unpaired) electrons. The molecule has 7 heteroatoms. The monoisotopic (exact) mass is 289 g/mol. The van der Waals surface area contributed by atoms with Gasteiger partial charge in [0.2, 0.25) is 0 Å². The van der Waals surface area contributed by atoms with E-state index in [1.165, 1.54) is 0 Å². The zero-order valence-corrected chi connectivity index (χ0v) is 12.7. The molecule has 0 aromatic rings. The largest absolute Gasteiger partial charge is 0.450 e. The Bertz CT molecular complexity index is 340. The van der Waals surface area contributed by atoms with Gasteiger partial charge >= 0.3 is 17.9 Å². The van der Waals surface area contributed by atoms with Crippen LogP contribution in [0.2, 0.25) is 0 Å². The van der Waals surface area contributed by atoms with Crippen molar-refractivity contribution in [3.63, 3.8) is 0 Å². The Balaban J connectivity index is 4.36. The standard InChI is InChI=1S/C13H23NO6/c1-9(2)7-18-8-11(6-14(4)5)20-13(17)12(16)19-10(3)15/h9,11H,6-8H2,1-5H3. The molecule has 0 saturated carbocycles. The lowest BCUT2D eigenvalue weighted by Gasteiger charge is -2.21. The smallest absolute Gasteiger partial charge is 0.425 e. The highest BCUT2D eigenvalue weighted by Crippen LogP contribution is 2.01. The SMILES string of the molecule is CC(=O)OC(=O)C(=O)OC(COCC(C)C)CN(C)C. The summed E-state index contributed by atoms with van der Waals surface area (Å²) in [6.07, 6.45) is -0.601. The summed E-state index contributed by atoms with van der Waals surface area (Å²) in [5.74, 6) is -3.01. The Labute approximate surface area is 119 Å². The molecule has 1 atom stereocenters. The van der Waals surface area contributed by atoms with E-state index in [0.717, 1.165) is 6.92 Å². The van der Waals surface area contributed by atoms with E-state index in [1.807, 2.05) is 13.8 Å². The van der Waals surface area contributed by atoms with Crippen LogP contribution in [0.4, 0.5) is 0 Å². The second kappa shape index (κ2) is 9.44. The van der Waals surface area contributed by atoms with E-state index >= 15 is 0 Å². The topological polar surface area (TPSA) is 82.1 Å². The summed E-state index contributed by atoms with van der Waals surface area (Å²) >= 11 is 0. The zero-order valence-electron chi connectivity index (χ0n) is 12.7. The van der Waals surface area contributed by atoms with Gasteiger partial charge in [0.05, 0.1) is 6.61 Å². The minimum absolute atomic E-state index is 0.176. The third-order valence-electron chi connectivity index (χ3n) is 2.00. The Morgan fingerprint density at radius 3 is 2.10 bits per heavy atom. The van der Waals surface area contributed by atoms with Crippen molar-refractivity contribution in [2.24, 2.45) is 5.92 Å². The molecule has 0 rings (SSSR count). The van der Waals surface area contributed by atoms with Crippen LogP contribution in [0.5, 0.6) is 0 Å². The summed E-state index contributed by atoms with van der Waals surface area (Å²) in [7, 11) is 3.61. The van der Waals surface area contributed by atoms with Crippen LogP contribution in [0.15, 0.2) is 0 Å². The van der Waals surface area contributed by atoms with Crippen LogP contribution >= 0.6 is 0 Å². The van der Waals surface area contributed by atoms with Crippen LogP contribution in [0.3, 0.4) is 0 Å². The van der Waals surface area contributed by atoms with E-state index in [2.05, 4.69) is 4.74 Å². The normalized spacial score (nSPS) is 12.3. The van der Waals surface area contributed by atoms with E-state index in [0.29, 0.717) is 19.1 Å². The molecule has 0 aliphatic heterocycles. The van der Waals surface area contributed by atoms with Crippen molar-refractivity contribution in [1.82, 2.24) is 4.90 Å². The molecule has 0 saturated heterocycles. The molecule has 20 heavy (non-hydrogen) atoms. The average molecular weight is 289 g/mol. The van der Waals surface area contributed by atoms with Crippen LogP contribution in [-0.2, 0) is 28.6 Å². The summed E-state index contributed by atoms with van der Waals surface area (Å²) in [6, 6.07) is 0. The quantitative estimate of drug-likeness (QED) is 0.377. The Kier molecular flexibility index (Phi) is 8.74. The fourth-order valence-corrected chi connectivity index (χ4v) is 1.34. The molecule has 0 spiro atoms. The van der Waals surface area contributed by atoms with Gasteiger partial charge in [0.25, 0.3) is 0 Å². The Morgan fingerprint density at radius 1 is 1.05 bits per heavy atom. The highest BCUT2D eigenvalue weighted by molar-refractivity contribution is 6.31. The van der Waals surface area contributed by atoms with E-state index in [9.17, 15) is 14.4 Å². The number of rotatable bonds is 7. The van der Waals surface area contributed by atoms with Gasteiger partial charge in [0.15, 0.2) is 0 Å². The molecule has 0 fully saturated rings. The van der Waals surface area contributed by atoms with Gasteiger partial charge in [-0.3, -0.25) is 4.79 Å². The zero-order chi connectivity index (χ0) is 15.7. The van der Waals surface area contributed by atoms with E-state index in [4.69, 9.17) is 9.47 Å². The van der Waals surface area contributed by atoms with Crippen LogP contribution in [0.25, 0.3) is 0 Å². The van der Waals surface area contributed by atoms with Crippen molar-refractivity contribution in [3.05, 3.63) is 0 Å². The van der Waals surface area contributed by atoms with E-state index in [-0.39, 0.29) is 6.61 Å². The molecule has 0 heterocycles. The third kappa shape index (κ3) is 9.46. The van der Waals surface area contributed by atoms with Gasteiger partial charge in [-0.15, -0.1) is 0 Å². The van der Waals surface area contributed by atoms with Crippen molar-refractivity contribution in [2.45, 2.75) is 26.9 Å². The van der Waals surface area contributed by atoms with Crippen molar-refractivity contribution in [3.8, 4) is 0 Å². The molecule has 1 unspecified atom stereocenters. The summed E-state index contributed by atoms with van der Waals surface area (Å²) in [4.78, 5) is 35.0. The van der Waals surface area contributed by atoms with Gasteiger partial charge in [0.1, 0.15) is 6.10 Å². The van der Waals surface area contributed by atoms with Gasteiger partial charge in [-0.2, -0.15) is 0 Å². The molecule has 0 aliphatic carbocycles. The lowest BCUT2D eigenvalue weighted by molar-refractivity contribution is -0.177. The van der Waals surface area contributed by atoms with E-state index in [1.54, 1.807) is 19.0 Å². The molecular weight excluding hydrogens is 266 g/mol. The molecule has 0 aliphatic rings. The summed E-state index contributed by atoms with van der Waals surface area (Å²) < 4.78 is 14.5. The molecule has 0 bridgehead atoms. The summed E-state index contributed by atoms with van der Waals surface area (Å²) in [6.45, 7) is 6.13. The molecule has 0 aromatic carbocycles. The first-order chi connectivity index (χ1) is 9.22. The fourth-order valence-electron chi connectivity index (χ4n) is 1.34. The number of likely N-dealkylation sites (N-methyl/N-ethyl adjacent to an activating group) is 1. The second-order valence-electron chi connectivity index (χ2n) is 5.10. The Morgan fingerprint density at radius 2 is 1.65 bits per heavy atom. The number of hydrogen-bond donors (Lipinski definition) is 0. The van der Waals surface area contributed by atoms with Crippen molar-refractivity contribution < 1.29 is 28.6 Å². The molecule has 0 N–H and O–H groups in total. The van der Waals surface area contributed by atoms with Crippen LogP contribution in [-0.4, -0.2) is 62.8 Å². The van der Waals surface area contributed by atoms with Gasteiger partial charge < -0.3 is 19.1 Å². The molecule has 116 valence electrons. The Hall–Kier alpha value is -1.47. The number of nitrogens with zero attached hydrogens (tertiary/aromatic N) is 1. The van der Waals surface area contributed by atoms with Crippen molar-refractivity contribution in [2.75, 3.05) is 33.9 Å². The minimum Gasteiger partial charge on any atom is -0.450 e. The van der Waals surface area contributed by atoms with Crippen molar-refractivity contribution in [1.29, 1.82) is 0 Å². The van der Waals surface area contributed by atoms with Gasteiger partial charge in [-0.1, -0.05) is 13.8 Å². The maximum Gasteiger partial charge on any atom is 0.425 e. The third-order valence-corrected chi connectivity index (χ3v) is 2.00. The first-order valence-corrected chi connectivity index (χ1v) is 6.38. The highest BCUT2D eigenvalue weighted by Gasteiger charge is 2.24. The maximum absolute atomic E-state index is 11.4. The molecule has 0 aromatic heterocycles. The van der Waals surface area contributed by atoms with Gasteiger partial charge in [-0.25, -0.2) is 9.59 Å². The first kappa shape index (κ1) is 18.5. The highest BCUT2D eigenvalue weighted by atomic mass is 16.6. The molecule has 0 amide bonds. The first-order valence-electron chi connectivity index (χ1n) is 6.38. The number of carbonyl (C=O) groups excluding carboxylic acids is 3. The number of ether oxygens (including phenoxy) is 3. The summed E-state index contributed by atoms with van der Waals surface area (Å²) in [5.41, 5.74) is 0. The number of esters is 3.